The number of rotatable bonds is 3. The fraction of sp³-hybridized carbons (Fsp3) is 0.565. The van der Waals surface area contributed by atoms with Gasteiger partial charge in [-0.15, -0.1) is 0 Å². The summed E-state index contributed by atoms with van der Waals surface area (Å²) in [6.45, 7) is 6.04. The third-order valence-electron chi connectivity index (χ3n) is 7.32. The van der Waals surface area contributed by atoms with Gasteiger partial charge in [-0.05, 0) is 43.7 Å². The molecule has 1 aliphatic carbocycles. The molecule has 3 heterocycles. The minimum atomic E-state index is -0.206. The average Bonchev–Trinajstić information content (AvgIpc) is 3.14. The average molecular weight is 379 g/mol. The summed E-state index contributed by atoms with van der Waals surface area (Å²) in [5.41, 5.74) is 4.94. The van der Waals surface area contributed by atoms with Crippen LogP contribution in [0.1, 0.15) is 54.6 Å². The van der Waals surface area contributed by atoms with Gasteiger partial charge in [0.05, 0.1) is 17.6 Å². The van der Waals surface area contributed by atoms with Crippen molar-refractivity contribution in [2.24, 2.45) is 5.92 Å². The van der Waals surface area contributed by atoms with Crippen molar-refractivity contribution in [1.82, 2.24) is 19.8 Å². The molecule has 28 heavy (non-hydrogen) atoms. The summed E-state index contributed by atoms with van der Waals surface area (Å²) in [6.07, 6.45) is 8.03. The number of likely N-dealkylation sites (tertiary alicyclic amines) is 1. The number of carbonyl (C=O) groups is 1. The maximum atomic E-state index is 13.3. The van der Waals surface area contributed by atoms with Gasteiger partial charge < -0.3 is 9.88 Å². The first-order chi connectivity index (χ1) is 13.7. The topological polar surface area (TPSA) is 52.2 Å². The van der Waals surface area contributed by atoms with Crippen molar-refractivity contribution in [2.45, 2.75) is 57.5 Å². The van der Waals surface area contributed by atoms with Crippen LogP contribution < -0.4 is 0 Å². The van der Waals surface area contributed by atoms with Crippen LogP contribution >= 0.6 is 0 Å². The fourth-order valence-corrected chi connectivity index (χ4v) is 5.29. The van der Waals surface area contributed by atoms with E-state index in [1.807, 2.05) is 6.33 Å². The Balaban J connectivity index is 1.38. The van der Waals surface area contributed by atoms with E-state index in [1.54, 1.807) is 0 Å². The van der Waals surface area contributed by atoms with Gasteiger partial charge >= 0.3 is 0 Å². The van der Waals surface area contributed by atoms with Crippen molar-refractivity contribution in [3.05, 3.63) is 53.1 Å². The van der Waals surface area contributed by atoms with Crippen molar-refractivity contribution in [2.75, 3.05) is 19.6 Å². The Bertz CT molecular complexity index is 861. The minimum absolute atomic E-state index is 0.206. The molecule has 2 fully saturated rings. The van der Waals surface area contributed by atoms with Crippen LogP contribution in [0.3, 0.4) is 0 Å². The normalized spacial score (nSPS) is 22.1. The van der Waals surface area contributed by atoms with Crippen LogP contribution in [0.2, 0.25) is 0 Å². The number of piperidine rings is 1. The maximum absolute atomic E-state index is 13.3. The first-order valence-corrected chi connectivity index (χ1v) is 10.8. The molecule has 2 aliphatic heterocycles. The lowest BCUT2D eigenvalue weighted by Crippen LogP contribution is -2.59. The van der Waals surface area contributed by atoms with Crippen LogP contribution in [0.15, 0.2) is 30.6 Å². The Labute approximate surface area is 167 Å². The van der Waals surface area contributed by atoms with Gasteiger partial charge in [-0.25, -0.2) is 4.98 Å². The molecule has 0 radical (unpaired) electrons. The summed E-state index contributed by atoms with van der Waals surface area (Å²) in [5.74, 6) is 0.634. The van der Waals surface area contributed by atoms with E-state index < -0.39 is 0 Å². The third kappa shape index (κ3) is 2.87. The monoisotopic (exact) mass is 378 g/mol. The molecule has 0 atom stereocenters. The lowest BCUT2D eigenvalue weighted by molar-refractivity contribution is -0.149. The van der Waals surface area contributed by atoms with Gasteiger partial charge in [-0.2, -0.15) is 0 Å². The Kier molecular flexibility index (Phi) is 4.50. The third-order valence-corrected chi connectivity index (χ3v) is 7.32. The molecule has 5 heteroatoms. The predicted octanol–water partition coefficient (Wildman–Crippen LogP) is 3.39. The van der Waals surface area contributed by atoms with Crippen LogP contribution in [-0.4, -0.2) is 45.3 Å². The number of hydrogen-bond donors (Lipinski definition) is 1. The van der Waals surface area contributed by atoms with E-state index in [0.717, 1.165) is 64.0 Å². The smallest absolute Gasteiger partial charge is 0.226 e. The lowest BCUT2D eigenvalue weighted by atomic mass is 9.76. The van der Waals surface area contributed by atoms with E-state index in [1.165, 1.54) is 23.2 Å². The highest BCUT2D eigenvalue weighted by atomic mass is 16.2. The number of H-pyrrole nitrogens is 1. The van der Waals surface area contributed by atoms with Crippen LogP contribution in [0.5, 0.6) is 0 Å². The van der Waals surface area contributed by atoms with Gasteiger partial charge in [0.1, 0.15) is 0 Å². The molecular weight excluding hydrogens is 348 g/mol. The minimum Gasteiger partial charge on any atom is -0.348 e. The van der Waals surface area contributed by atoms with Crippen LogP contribution in [0.25, 0.3) is 0 Å². The van der Waals surface area contributed by atoms with Crippen molar-refractivity contribution < 1.29 is 4.79 Å². The molecule has 1 saturated heterocycles. The molecule has 1 saturated carbocycles. The van der Waals surface area contributed by atoms with E-state index in [9.17, 15) is 4.79 Å². The van der Waals surface area contributed by atoms with Crippen LogP contribution in [0.4, 0.5) is 0 Å². The van der Waals surface area contributed by atoms with Crippen molar-refractivity contribution in [3.63, 3.8) is 0 Å². The SMILES string of the molecule is Cc1ccccc1CN1CCC2(CC1)c1nc[nH]c1CCN2C(=O)C1CCC1. The molecule has 1 aromatic heterocycles. The number of nitrogens with zero attached hydrogens (tertiary/aromatic N) is 3. The van der Waals surface area contributed by atoms with Crippen LogP contribution in [-0.2, 0) is 23.3 Å². The first kappa shape index (κ1) is 17.9. The molecule has 1 spiro atoms. The van der Waals surface area contributed by atoms with Crippen molar-refractivity contribution >= 4 is 5.91 Å². The number of imidazole rings is 1. The number of nitrogens with one attached hydrogen (secondary N) is 1. The van der Waals surface area contributed by atoms with Gasteiger partial charge in [0.15, 0.2) is 0 Å². The Morgan fingerprint density at radius 1 is 1.21 bits per heavy atom. The second-order valence-electron chi connectivity index (χ2n) is 8.83. The van der Waals surface area contributed by atoms with E-state index in [4.69, 9.17) is 4.98 Å². The number of aromatic amines is 1. The van der Waals surface area contributed by atoms with E-state index in [0.29, 0.717) is 5.91 Å². The van der Waals surface area contributed by atoms with E-state index in [-0.39, 0.29) is 11.5 Å². The van der Waals surface area contributed by atoms with Crippen LogP contribution in [0, 0.1) is 12.8 Å². The van der Waals surface area contributed by atoms with E-state index >= 15 is 0 Å². The first-order valence-electron chi connectivity index (χ1n) is 10.8. The number of aryl methyl sites for hydroxylation is 1. The molecule has 0 bridgehead atoms. The summed E-state index contributed by atoms with van der Waals surface area (Å²) in [6, 6.07) is 8.66. The zero-order chi connectivity index (χ0) is 19.1. The number of benzene rings is 1. The molecule has 3 aliphatic rings. The fourth-order valence-electron chi connectivity index (χ4n) is 5.29. The number of aromatic nitrogens is 2. The number of fused-ring (bicyclic) bond motifs is 2. The predicted molar refractivity (Wildman–Crippen MR) is 109 cm³/mol. The second-order valence-corrected chi connectivity index (χ2v) is 8.83. The van der Waals surface area contributed by atoms with Gasteiger partial charge in [0.25, 0.3) is 0 Å². The quantitative estimate of drug-likeness (QED) is 0.891. The van der Waals surface area contributed by atoms with Gasteiger partial charge in [0.2, 0.25) is 5.91 Å². The van der Waals surface area contributed by atoms with E-state index in [2.05, 4.69) is 46.0 Å². The number of hydrogen-bond acceptors (Lipinski definition) is 3. The highest BCUT2D eigenvalue weighted by Crippen LogP contribution is 2.44. The Hall–Kier alpha value is -2.14. The molecule has 1 aromatic carbocycles. The number of amides is 1. The molecular formula is C23H30N4O. The largest absolute Gasteiger partial charge is 0.348 e. The highest BCUT2D eigenvalue weighted by Gasteiger charge is 2.50. The van der Waals surface area contributed by atoms with Gasteiger partial charge in [-0.3, -0.25) is 9.69 Å². The summed E-state index contributed by atoms with van der Waals surface area (Å²) in [4.78, 5) is 26.1. The molecule has 1 amide bonds. The van der Waals surface area contributed by atoms with Crippen molar-refractivity contribution in [3.8, 4) is 0 Å². The summed E-state index contributed by atoms with van der Waals surface area (Å²) >= 11 is 0. The van der Waals surface area contributed by atoms with Gasteiger partial charge in [0, 0.05) is 44.2 Å². The molecule has 5 rings (SSSR count). The summed E-state index contributed by atoms with van der Waals surface area (Å²) in [5, 5.41) is 0. The highest BCUT2D eigenvalue weighted by molar-refractivity contribution is 5.81. The van der Waals surface area contributed by atoms with Crippen molar-refractivity contribution in [1.29, 1.82) is 0 Å². The molecule has 5 nitrogen and oxygen atoms in total. The maximum Gasteiger partial charge on any atom is 0.226 e. The standard InChI is InChI=1S/C23H30N4O/c1-17-5-2-3-6-19(17)15-26-13-10-23(11-14-26)21-20(24-16-25-21)9-12-27(23)22(28)18-7-4-8-18/h2-3,5-6,16,18H,4,7-15H2,1H3,(H,24,25). The molecule has 148 valence electrons. The zero-order valence-electron chi connectivity index (χ0n) is 16.8. The van der Waals surface area contributed by atoms with Gasteiger partial charge in [-0.1, -0.05) is 30.7 Å². The lowest BCUT2D eigenvalue weighted by Gasteiger charge is -2.52. The molecule has 0 unspecified atom stereocenters. The summed E-state index contributed by atoms with van der Waals surface area (Å²) in [7, 11) is 0. The second kappa shape index (κ2) is 7.03. The Morgan fingerprint density at radius 2 is 2.00 bits per heavy atom. The molecule has 2 aromatic rings. The Morgan fingerprint density at radius 3 is 2.71 bits per heavy atom. The number of carbonyl (C=O) groups excluding carboxylic acids is 1. The molecule has 1 N–H and O–H groups in total. The summed E-state index contributed by atoms with van der Waals surface area (Å²) < 4.78 is 0. The zero-order valence-corrected chi connectivity index (χ0v) is 16.8.